The van der Waals surface area contributed by atoms with Crippen LogP contribution in [0, 0.1) is 0 Å². The van der Waals surface area contributed by atoms with Crippen LogP contribution in [0.25, 0.3) is 0 Å². The summed E-state index contributed by atoms with van der Waals surface area (Å²) in [5.74, 6) is -39.3. The summed E-state index contributed by atoms with van der Waals surface area (Å²) in [6.45, 7) is 0. The molecule has 0 spiro atoms. The minimum atomic E-state index is -8.32. The van der Waals surface area contributed by atoms with Crippen molar-refractivity contribution in [2.45, 2.75) is 53.9 Å². The van der Waals surface area contributed by atoms with E-state index < -0.39 is 64.0 Å². The average molecular weight is 523 g/mol. The monoisotopic (exact) mass is 523 g/mol. The van der Waals surface area contributed by atoms with E-state index in [9.17, 15) is 74.3 Å². The van der Waals surface area contributed by atoms with Gasteiger partial charge in [0.2, 0.25) is 0 Å². The lowest BCUT2D eigenvalue weighted by atomic mass is 9.92. The molecule has 0 unspecified atom stereocenters. The second-order valence-corrected chi connectivity index (χ2v) is 7.07. The summed E-state index contributed by atoms with van der Waals surface area (Å²) in [5, 5.41) is -4.84. The van der Waals surface area contributed by atoms with Crippen molar-refractivity contribution in [3.05, 3.63) is 0 Å². The van der Waals surface area contributed by atoms with E-state index in [4.69, 9.17) is 4.55 Å². The Morgan fingerprint density at radius 1 is 0.613 bits per heavy atom. The van der Waals surface area contributed by atoms with Crippen LogP contribution in [0.5, 0.6) is 0 Å². The molecule has 0 bridgehead atoms. The zero-order valence-electron chi connectivity index (χ0n) is 14.8. The van der Waals surface area contributed by atoms with Crippen LogP contribution in [-0.4, -0.2) is 68.1 Å². The summed E-state index contributed by atoms with van der Waals surface area (Å²) < 4.78 is 219. The number of halogens is 15. The molecule has 0 aromatic heterocycles. The highest BCUT2D eigenvalue weighted by Gasteiger charge is 2.91. The molecule has 0 amide bonds. The van der Waals surface area contributed by atoms with E-state index in [1.54, 1.807) is 0 Å². The first kappa shape index (κ1) is 32.0. The molecule has 0 radical (unpaired) electrons. The molecule has 4 nitrogen and oxygen atoms in total. The SMILES string of the molecule is CNC.O=S(=O)(O)C(F)(F)C(F)(F)C(F)(F)C(F)(F)C(F)(F)C(F)(F)CCC(F)(F)F. The van der Waals surface area contributed by atoms with Crippen molar-refractivity contribution in [3.8, 4) is 0 Å². The van der Waals surface area contributed by atoms with E-state index in [-0.39, 0.29) is 0 Å². The molecule has 0 saturated heterocycles. The van der Waals surface area contributed by atoms with Gasteiger partial charge in [-0.25, -0.2) is 0 Å². The number of alkyl halides is 15. The Balaban J connectivity index is 0. The van der Waals surface area contributed by atoms with Gasteiger partial charge in [0, 0.05) is 12.8 Å². The topological polar surface area (TPSA) is 66.4 Å². The quantitative estimate of drug-likeness (QED) is 0.354. The summed E-state index contributed by atoms with van der Waals surface area (Å²) in [6, 6.07) is 0. The second kappa shape index (κ2) is 8.99. The first-order valence-corrected chi connectivity index (χ1v) is 8.45. The maximum atomic E-state index is 13.2. The molecule has 0 rings (SSSR count). The van der Waals surface area contributed by atoms with E-state index in [1.165, 1.54) is 0 Å². The van der Waals surface area contributed by atoms with E-state index >= 15 is 0 Å². The molecule has 2 N–H and O–H groups in total. The standard InChI is InChI=1S/C9H5F15O3S.C2H7N/c10-3(11,1-2-4(12,13)14)5(15,16)6(17,18)7(19,20)8(21,22)9(23,24)28(25,26)27;1-3-2/h1-2H2,(H,25,26,27);3H,1-2H3. The molecule has 0 aliphatic rings. The molecular formula is C11H12F15NO3S. The zero-order valence-corrected chi connectivity index (χ0v) is 15.6. The van der Waals surface area contributed by atoms with Gasteiger partial charge in [-0.05, 0) is 14.1 Å². The number of hydrogen-bond donors (Lipinski definition) is 2. The first-order valence-electron chi connectivity index (χ1n) is 7.01. The number of nitrogens with one attached hydrogen (secondary N) is 1. The highest BCUT2D eigenvalue weighted by Crippen LogP contribution is 2.61. The number of rotatable bonds is 8. The van der Waals surface area contributed by atoms with Crippen LogP contribution in [0.2, 0.25) is 0 Å². The van der Waals surface area contributed by atoms with Crippen molar-refractivity contribution in [1.82, 2.24) is 5.32 Å². The van der Waals surface area contributed by atoms with Gasteiger partial charge in [0.25, 0.3) is 0 Å². The van der Waals surface area contributed by atoms with Gasteiger partial charge in [-0.1, -0.05) is 0 Å². The van der Waals surface area contributed by atoms with Gasteiger partial charge in [0.05, 0.1) is 0 Å². The van der Waals surface area contributed by atoms with Crippen LogP contribution >= 0.6 is 0 Å². The van der Waals surface area contributed by atoms with Crippen molar-refractivity contribution in [1.29, 1.82) is 0 Å². The molecule has 0 heterocycles. The second-order valence-electron chi connectivity index (χ2n) is 5.61. The highest BCUT2D eigenvalue weighted by molar-refractivity contribution is 7.87. The minimum absolute atomic E-state index is 1.88. The van der Waals surface area contributed by atoms with Gasteiger partial charge in [0.1, 0.15) is 0 Å². The highest BCUT2D eigenvalue weighted by atomic mass is 32.2. The molecule has 0 aromatic rings. The third kappa shape index (κ3) is 5.79. The third-order valence-electron chi connectivity index (χ3n) is 3.05. The fourth-order valence-corrected chi connectivity index (χ4v) is 1.88. The lowest BCUT2D eigenvalue weighted by Crippen LogP contribution is -2.71. The Kier molecular flexibility index (Phi) is 9.28. The molecule has 0 aliphatic carbocycles. The average Bonchev–Trinajstić information content (AvgIpc) is 2.51. The van der Waals surface area contributed by atoms with E-state index in [1.807, 2.05) is 14.1 Å². The van der Waals surface area contributed by atoms with Crippen LogP contribution in [0.1, 0.15) is 12.8 Å². The maximum Gasteiger partial charge on any atom is 0.438 e. The largest absolute Gasteiger partial charge is 0.438 e. The van der Waals surface area contributed by atoms with Crippen molar-refractivity contribution in [2.75, 3.05) is 14.1 Å². The molecule has 31 heavy (non-hydrogen) atoms. The van der Waals surface area contributed by atoms with E-state index in [2.05, 4.69) is 5.32 Å². The molecule has 0 atom stereocenters. The van der Waals surface area contributed by atoms with Gasteiger partial charge < -0.3 is 5.32 Å². The molecule has 190 valence electrons. The number of hydrogen-bond acceptors (Lipinski definition) is 3. The van der Waals surface area contributed by atoms with Crippen molar-refractivity contribution in [3.63, 3.8) is 0 Å². The summed E-state index contributed by atoms with van der Waals surface area (Å²) in [6.07, 6.45) is -12.1. The zero-order chi connectivity index (χ0) is 26.1. The molecule has 20 heteroatoms. The fourth-order valence-electron chi connectivity index (χ4n) is 1.42. The van der Waals surface area contributed by atoms with Crippen molar-refractivity contribution >= 4 is 10.1 Å². The third-order valence-corrected chi connectivity index (χ3v) is 3.96. The molecule has 0 fully saturated rings. The maximum absolute atomic E-state index is 13.2. The predicted octanol–water partition coefficient (Wildman–Crippen LogP) is 4.82. The lowest BCUT2D eigenvalue weighted by molar-refractivity contribution is -0.418. The normalized spacial score (nSPS) is 15.4. The summed E-state index contributed by atoms with van der Waals surface area (Å²) in [4.78, 5) is 0. The summed E-state index contributed by atoms with van der Waals surface area (Å²) in [7, 11) is -3.94. The van der Waals surface area contributed by atoms with Gasteiger partial charge in [-0.15, -0.1) is 0 Å². The summed E-state index contributed by atoms with van der Waals surface area (Å²) in [5.41, 5.74) is 0. The fraction of sp³-hybridized carbons (Fsp3) is 1.00. The molecule has 0 aliphatic heterocycles. The van der Waals surface area contributed by atoms with E-state index in [0.717, 1.165) is 0 Å². The summed E-state index contributed by atoms with van der Waals surface area (Å²) >= 11 is 0. The van der Waals surface area contributed by atoms with Gasteiger partial charge in [0.15, 0.2) is 0 Å². The molecular weight excluding hydrogens is 511 g/mol. The Labute approximate surface area is 163 Å². The van der Waals surface area contributed by atoms with Gasteiger partial charge in [-0.2, -0.15) is 74.3 Å². The molecule has 0 aromatic carbocycles. The Bertz CT molecular complexity index is 701. The Hall–Kier alpha value is -1.18. The van der Waals surface area contributed by atoms with Crippen molar-refractivity contribution in [2.24, 2.45) is 0 Å². The first-order chi connectivity index (χ1) is 13.1. The van der Waals surface area contributed by atoms with Crippen LogP contribution in [0.15, 0.2) is 0 Å². The van der Waals surface area contributed by atoms with Crippen LogP contribution in [0.3, 0.4) is 0 Å². The van der Waals surface area contributed by atoms with Crippen LogP contribution < -0.4 is 5.32 Å². The Morgan fingerprint density at radius 3 is 1.16 bits per heavy atom. The minimum Gasteiger partial charge on any atom is -0.323 e. The van der Waals surface area contributed by atoms with Crippen LogP contribution in [0.4, 0.5) is 65.9 Å². The van der Waals surface area contributed by atoms with Gasteiger partial charge in [-0.3, -0.25) is 4.55 Å². The van der Waals surface area contributed by atoms with Crippen LogP contribution in [-0.2, 0) is 10.1 Å². The van der Waals surface area contributed by atoms with E-state index in [0.29, 0.717) is 0 Å². The lowest BCUT2D eigenvalue weighted by Gasteiger charge is -2.40. The van der Waals surface area contributed by atoms with Gasteiger partial charge >= 0.3 is 51.2 Å². The Morgan fingerprint density at radius 2 is 0.903 bits per heavy atom. The smallest absolute Gasteiger partial charge is 0.323 e. The van der Waals surface area contributed by atoms with Crippen molar-refractivity contribution < 1.29 is 78.8 Å². The molecule has 0 saturated carbocycles. The predicted molar refractivity (Wildman–Crippen MR) is 71.5 cm³/mol.